The number of benzene rings is 3. The van der Waals surface area contributed by atoms with Gasteiger partial charge < -0.3 is 4.57 Å². The second-order valence-electron chi connectivity index (χ2n) is 9.02. The first-order valence-corrected chi connectivity index (χ1v) is 13.8. The van der Waals surface area contributed by atoms with Crippen molar-refractivity contribution in [1.82, 2.24) is 9.99 Å². The van der Waals surface area contributed by atoms with E-state index in [1.54, 1.807) is 55.6 Å². The van der Waals surface area contributed by atoms with Crippen LogP contribution in [0.3, 0.4) is 0 Å². The summed E-state index contributed by atoms with van der Waals surface area (Å²) in [5.74, 6) is -0.569. The fourth-order valence-corrected chi connectivity index (χ4v) is 5.95. The maximum absolute atomic E-state index is 13.6. The highest BCUT2D eigenvalue weighted by Crippen LogP contribution is 2.27. The minimum absolute atomic E-state index is 0.106. The predicted octanol–water partition coefficient (Wildman–Crippen LogP) is 5.71. The Balaban J connectivity index is 1.57. The molecule has 7 nitrogen and oxygen atoms in total. The average molecular weight is 549 g/mol. The molecule has 0 saturated heterocycles. The van der Waals surface area contributed by atoms with Crippen molar-refractivity contribution in [2.24, 2.45) is 5.10 Å². The molecule has 0 aliphatic carbocycles. The molecule has 4 rings (SSSR count). The Bertz CT molecular complexity index is 1610. The third-order valence-electron chi connectivity index (χ3n) is 6.24. The van der Waals surface area contributed by atoms with Gasteiger partial charge >= 0.3 is 0 Å². The number of carbonyl (C=O) groups is 1. The minimum atomic E-state index is -4.00. The number of aryl methyl sites for hydroxylation is 3. The SMILES string of the molecule is Cc1ccc(S(=O)(=O)N(CC(=O)N/N=C\c2cc(C)n(-c3ccccc3Cl)c2C)c2ccccc2C)cc1. The van der Waals surface area contributed by atoms with Crippen molar-refractivity contribution in [3.8, 4) is 5.69 Å². The fraction of sp³-hybridized carbons (Fsp3) is 0.172. The van der Waals surface area contributed by atoms with E-state index in [1.807, 2.05) is 61.7 Å². The molecule has 0 fully saturated rings. The third kappa shape index (κ3) is 5.66. The Morgan fingerprint density at radius 3 is 2.32 bits per heavy atom. The van der Waals surface area contributed by atoms with Gasteiger partial charge in [-0.25, -0.2) is 13.8 Å². The fourth-order valence-electron chi connectivity index (χ4n) is 4.24. The molecule has 9 heteroatoms. The molecule has 196 valence electrons. The van der Waals surface area contributed by atoms with Gasteiger partial charge in [-0.1, -0.05) is 59.6 Å². The largest absolute Gasteiger partial charge is 0.316 e. The number of rotatable bonds is 8. The number of halogens is 1. The summed E-state index contributed by atoms with van der Waals surface area (Å²) in [6, 6.07) is 23.1. The molecule has 4 aromatic rings. The van der Waals surface area contributed by atoms with Crippen LogP contribution in [0.15, 0.2) is 88.9 Å². The van der Waals surface area contributed by atoms with Crippen LogP contribution in [0.1, 0.15) is 28.1 Å². The molecule has 3 aromatic carbocycles. The second kappa shape index (κ2) is 11.2. The molecule has 1 aromatic heterocycles. The van der Waals surface area contributed by atoms with Gasteiger partial charge in [0.1, 0.15) is 6.54 Å². The van der Waals surface area contributed by atoms with Crippen molar-refractivity contribution < 1.29 is 13.2 Å². The summed E-state index contributed by atoms with van der Waals surface area (Å²) in [5.41, 5.74) is 8.08. The van der Waals surface area contributed by atoms with E-state index in [0.717, 1.165) is 38.1 Å². The topological polar surface area (TPSA) is 83.8 Å². The number of anilines is 1. The molecule has 0 atom stereocenters. The summed E-state index contributed by atoms with van der Waals surface area (Å²) in [5, 5.41) is 4.74. The van der Waals surface area contributed by atoms with Crippen molar-refractivity contribution in [1.29, 1.82) is 0 Å². The van der Waals surface area contributed by atoms with Gasteiger partial charge in [-0.05, 0) is 69.7 Å². The lowest BCUT2D eigenvalue weighted by molar-refractivity contribution is -0.119. The number of aromatic nitrogens is 1. The van der Waals surface area contributed by atoms with Gasteiger partial charge in [0.2, 0.25) is 0 Å². The van der Waals surface area contributed by atoms with Crippen LogP contribution in [0.5, 0.6) is 0 Å². The number of amides is 1. The third-order valence-corrected chi connectivity index (χ3v) is 8.33. The van der Waals surface area contributed by atoms with E-state index < -0.39 is 22.5 Å². The lowest BCUT2D eigenvalue weighted by Gasteiger charge is -2.25. The molecule has 0 spiro atoms. The zero-order valence-corrected chi connectivity index (χ0v) is 23.2. The number of hydrogen-bond donors (Lipinski definition) is 1. The van der Waals surface area contributed by atoms with Gasteiger partial charge in [0.25, 0.3) is 15.9 Å². The first kappa shape index (κ1) is 27.2. The lowest BCUT2D eigenvalue weighted by atomic mass is 10.2. The van der Waals surface area contributed by atoms with Gasteiger partial charge in [-0.3, -0.25) is 9.10 Å². The summed E-state index contributed by atoms with van der Waals surface area (Å²) in [6.07, 6.45) is 1.54. The number of carbonyl (C=O) groups excluding carboxylic acids is 1. The zero-order chi connectivity index (χ0) is 27.4. The highest BCUT2D eigenvalue weighted by atomic mass is 35.5. The Morgan fingerprint density at radius 1 is 0.974 bits per heavy atom. The van der Waals surface area contributed by atoms with E-state index in [1.165, 1.54) is 0 Å². The maximum Gasteiger partial charge on any atom is 0.264 e. The molecule has 0 aliphatic heterocycles. The monoisotopic (exact) mass is 548 g/mol. The molecule has 1 amide bonds. The predicted molar refractivity (Wildman–Crippen MR) is 153 cm³/mol. The number of para-hydroxylation sites is 2. The lowest BCUT2D eigenvalue weighted by Crippen LogP contribution is -2.40. The average Bonchev–Trinajstić information content (AvgIpc) is 3.16. The number of nitrogens with zero attached hydrogens (tertiary/aromatic N) is 3. The van der Waals surface area contributed by atoms with Crippen LogP contribution in [-0.2, 0) is 14.8 Å². The van der Waals surface area contributed by atoms with Crippen LogP contribution in [-0.4, -0.2) is 31.7 Å². The molecule has 0 radical (unpaired) electrons. The molecular formula is C29H29ClN4O3S. The number of sulfonamides is 1. The summed E-state index contributed by atoms with van der Waals surface area (Å²) < 4.78 is 30.3. The molecule has 1 N–H and O–H groups in total. The van der Waals surface area contributed by atoms with Gasteiger partial charge in [-0.15, -0.1) is 0 Å². The number of hydrogen-bond acceptors (Lipinski definition) is 4. The van der Waals surface area contributed by atoms with E-state index >= 15 is 0 Å². The van der Waals surface area contributed by atoms with E-state index in [2.05, 4.69) is 10.5 Å². The summed E-state index contributed by atoms with van der Waals surface area (Å²) >= 11 is 6.39. The van der Waals surface area contributed by atoms with Gasteiger partial charge in [0, 0.05) is 17.0 Å². The van der Waals surface area contributed by atoms with Crippen LogP contribution in [0, 0.1) is 27.7 Å². The van der Waals surface area contributed by atoms with Crippen LogP contribution >= 0.6 is 11.6 Å². The molecular weight excluding hydrogens is 520 g/mol. The summed E-state index contributed by atoms with van der Waals surface area (Å²) in [4.78, 5) is 13.0. The van der Waals surface area contributed by atoms with Crippen molar-refractivity contribution in [2.75, 3.05) is 10.8 Å². The van der Waals surface area contributed by atoms with Crippen LogP contribution in [0.25, 0.3) is 5.69 Å². The maximum atomic E-state index is 13.6. The van der Waals surface area contributed by atoms with Crippen LogP contribution in [0.2, 0.25) is 5.02 Å². The quantitative estimate of drug-likeness (QED) is 0.226. The van der Waals surface area contributed by atoms with Crippen molar-refractivity contribution in [2.45, 2.75) is 32.6 Å². The van der Waals surface area contributed by atoms with Crippen molar-refractivity contribution in [3.63, 3.8) is 0 Å². The highest BCUT2D eigenvalue weighted by Gasteiger charge is 2.28. The zero-order valence-electron chi connectivity index (χ0n) is 21.6. The Hall–Kier alpha value is -3.88. The van der Waals surface area contributed by atoms with Crippen LogP contribution in [0.4, 0.5) is 5.69 Å². The summed E-state index contributed by atoms with van der Waals surface area (Å²) in [7, 11) is -4.00. The number of nitrogens with one attached hydrogen (secondary N) is 1. The molecule has 0 unspecified atom stereocenters. The van der Waals surface area contributed by atoms with Crippen molar-refractivity contribution in [3.05, 3.63) is 112 Å². The molecule has 38 heavy (non-hydrogen) atoms. The number of hydrazone groups is 1. The highest BCUT2D eigenvalue weighted by molar-refractivity contribution is 7.92. The first-order valence-electron chi connectivity index (χ1n) is 12.0. The molecule has 0 bridgehead atoms. The van der Waals surface area contributed by atoms with E-state index in [9.17, 15) is 13.2 Å². The standard InChI is InChI=1S/C29H29ClN4O3S/c1-20-13-15-25(16-14-20)38(36,37)33(27-11-7-5-9-21(27)2)19-29(35)32-31-18-24-17-22(3)34(23(24)4)28-12-8-6-10-26(28)30/h5-18H,19H2,1-4H3,(H,32,35)/b31-18-. The van der Waals surface area contributed by atoms with Gasteiger partial charge in [-0.2, -0.15) is 5.10 Å². The summed E-state index contributed by atoms with van der Waals surface area (Å²) in [6.45, 7) is 7.15. The van der Waals surface area contributed by atoms with Crippen LogP contribution < -0.4 is 9.73 Å². The van der Waals surface area contributed by atoms with Gasteiger partial charge in [0.15, 0.2) is 0 Å². The Labute approximate surface area is 228 Å². The van der Waals surface area contributed by atoms with Gasteiger partial charge in [0.05, 0.1) is 27.5 Å². The Morgan fingerprint density at radius 2 is 1.63 bits per heavy atom. The first-order chi connectivity index (χ1) is 18.1. The molecule has 0 aliphatic rings. The molecule has 0 saturated carbocycles. The normalized spacial score (nSPS) is 11.6. The van der Waals surface area contributed by atoms with E-state index in [0.29, 0.717) is 10.7 Å². The van der Waals surface area contributed by atoms with E-state index in [4.69, 9.17) is 11.6 Å². The Kier molecular flexibility index (Phi) is 8.04. The smallest absolute Gasteiger partial charge is 0.264 e. The van der Waals surface area contributed by atoms with E-state index in [-0.39, 0.29) is 4.90 Å². The molecule has 1 heterocycles. The second-order valence-corrected chi connectivity index (χ2v) is 11.3. The minimum Gasteiger partial charge on any atom is -0.316 e. The van der Waals surface area contributed by atoms with Crippen molar-refractivity contribution >= 4 is 39.4 Å².